The standard InChI is InChI=1S/C16H22N4O2S/c1-11(16-18-12-7-5-6-8-13(12)23-16)19(3)10-15(22)20(4)9-14(21)17-2/h5-8,11H,9-10H2,1-4H3,(H,17,21)/p+1/t11-/m0/s1. The van der Waals surface area contributed by atoms with Crippen LogP contribution in [0.25, 0.3) is 10.2 Å². The van der Waals surface area contributed by atoms with Crippen molar-refractivity contribution in [2.45, 2.75) is 13.0 Å². The number of likely N-dealkylation sites (N-methyl/N-ethyl adjacent to an activating group) is 3. The number of thiazole rings is 1. The molecule has 2 atom stereocenters. The molecule has 0 aliphatic carbocycles. The fourth-order valence-corrected chi connectivity index (χ4v) is 3.31. The first-order valence-corrected chi connectivity index (χ1v) is 8.36. The van der Waals surface area contributed by atoms with Gasteiger partial charge in [0.25, 0.3) is 5.91 Å². The van der Waals surface area contributed by atoms with E-state index in [2.05, 4.69) is 23.3 Å². The van der Waals surface area contributed by atoms with Gasteiger partial charge in [0.15, 0.2) is 11.6 Å². The van der Waals surface area contributed by atoms with Crippen LogP contribution in [0.1, 0.15) is 18.0 Å². The SMILES string of the molecule is CNC(=O)CN(C)C(=O)C[NH+](C)[C@@H](C)c1nc2ccccc2s1. The quantitative estimate of drug-likeness (QED) is 0.785. The van der Waals surface area contributed by atoms with Crippen LogP contribution in [0.3, 0.4) is 0 Å². The maximum atomic E-state index is 12.2. The lowest BCUT2D eigenvalue weighted by Crippen LogP contribution is -3.10. The van der Waals surface area contributed by atoms with Gasteiger partial charge in [-0.25, -0.2) is 4.98 Å². The normalized spacial score (nSPS) is 13.6. The monoisotopic (exact) mass is 335 g/mol. The summed E-state index contributed by atoms with van der Waals surface area (Å²) in [6.45, 7) is 2.47. The number of carbonyl (C=O) groups is 2. The first-order valence-electron chi connectivity index (χ1n) is 7.54. The van der Waals surface area contributed by atoms with Crippen molar-refractivity contribution in [3.8, 4) is 0 Å². The van der Waals surface area contributed by atoms with Crippen LogP contribution in [0, 0.1) is 0 Å². The van der Waals surface area contributed by atoms with Crippen LogP contribution < -0.4 is 10.2 Å². The third-order valence-corrected chi connectivity index (χ3v) is 5.15. The topological polar surface area (TPSA) is 66.7 Å². The third-order valence-electron chi connectivity index (χ3n) is 3.94. The molecule has 7 heteroatoms. The Morgan fingerprint density at radius 2 is 2.09 bits per heavy atom. The molecule has 1 aromatic carbocycles. The molecular formula is C16H23N4O2S+. The molecule has 0 bridgehead atoms. The van der Waals surface area contributed by atoms with E-state index < -0.39 is 0 Å². The summed E-state index contributed by atoms with van der Waals surface area (Å²) in [5.41, 5.74) is 0.996. The van der Waals surface area contributed by atoms with Crippen LogP contribution in [0.15, 0.2) is 24.3 Å². The Balaban J connectivity index is 2.00. The summed E-state index contributed by atoms with van der Waals surface area (Å²) >= 11 is 1.66. The van der Waals surface area contributed by atoms with Crippen LogP contribution in [0.5, 0.6) is 0 Å². The fourth-order valence-electron chi connectivity index (χ4n) is 2.20. The molecule has 2 amide bonds. The number of amides is 2. The summed E-state index contributed by atoms with van der Waals surface area (Å²) in [4.78, 5) is 30.7. The van der Waals surface area contributed by atoms with Crippen molar-refractivity contribution in [1.29, 1.82) is 0 Å². The van der Waals surface area contributed by atoms with Gasteiger partial charge in [0.05, 0.1) is 23.8 Å². The summed E-state index contributed by atoms with van der Waals surface area (Å²) in [7, 11) is 5.18. The lowest BCUT2D eigenvalue weighted by molar-refractivity contribution is -0.902. The minimum absolute atomic E-state index is 0.0564. The molecule has 0 saturated carbocycles. The van der Waals surface area contributed by atoms with E-state index in [1.54, 1.807) is 25.4 Å². The predicted octanol–water partition coefficient (Wildman–Crippen LogP) is 0.0764. The number of para-hydroxylation sites is 1. The average molecular weight is 335 g/mol. The molecule has 23 heavy (non-hydrogen) atoms. The lowest BCUT2D eigenvalue weighted by Gasteiger charge is -2.22. The minimum atomic E-state index is -0.169. The molecule has 1 unspecified atom stereocenters. The fraction of sp³-hybridized carbons (Fsp3) is 0.438. The van der Waals surface area contributed by atoms with E-state index in [1.807, 2.05) is 25.2 Å². The molecule has 2 N–H and O–H groups in total. The second kappa shape index (κ2) is 7.52. The number of nitrogens with one attached hydrogen (secondary N) is 2. The zero-order valence-electron chi connectivity index (χ0n) is 13.9. The van der Waals surface area contributed by atoms with Crippen molar-refractivity contribution in [2.75, 3.05) is 34.2 Å². The summed E-state index contributed by atoms with van der Waals surface area (Å²) in [6, 6.07) is 8.15. The van der Waals surface area contributed by atoms with Gasteiger partial charge in [-0.3, -0.25) is 9.59 Å². The first kappa shape index (κ1) is 17.4. The van der Waals surface area contributed by atoms with Crippen LogP contribution in [-0.2, 0) is 9.59 Å². The molecule has 0 saturated heterocycles. The Kier molecular flexibility index (Phi) is 5.68. The molecule has 1 aromatic heterocycles. The second-order valence-corrected chi connectivity index (χ2v) is 6.75. The van der Waals surface area contributed by atoms with Gasteiger partial charge in [-0.05, 0) is 19.1 Å². The summed E-state index contributed by atoms with van der Waals surface area (Å²) < 4.78 is 1.16. The van der Waals surface area contributed by atoms with Crippen molar-refractivity contribution in [3.63, 3.8) is 0 Å². The highest BCUT2D eigenvalue weighted by molar-refractivity contribution is 7.18. The average Bonchev–Trinajstić information content (AvgIpc) is 2.97. The van der Waals surface area contributed by atoms with Gasteiger partial charge in [-0.2, -0.15) is 0 Å². The third kappa shape index (κ3) is 4.27. The Hall–Kier alpha value is -1.99. The highest BCUT2D eigenvalue weighted by Crippen LogP contribution is 2.24. The summed E-state index contributed by atoms with van der Waals surface area (Å²) in [5, 5.41) is 3.54. The van der Waals surface area contributed by atoms with Gasteiger partial charge in [0.1, 0.15) is 6.04 Å². The lowest BCUT2D eigenvalue weighted by atomic mass is 10.3. The van der Waals surface area contributed by atoms with Crippen molar-refractivity contribution >= 4 is 33.4 Å². The minimum Gasteiger partial charge on any atom is -0.358 e. The molecule has 124 valence electrons. The molecule has 0 fully saturated rings. The van der Waals surface area contributed by atoms with Crippen LogP contribution in [0.4, 0.5) is 0 Å². The van der Waals surface area contributed by atoms with Crippen molar-refractivity contribution in [3.05, 3.63) is 29.3 Å². The van der Waals surface area contributed by atoms with E-state index in [4.69, 9.17) is 0 Å². The van der Waals surface area contributed by atoms with Gasteiger partial charge < -0.3 is 15.1 Å². The van der Waals surface area contributed by atoms with Crippen molar-refractivity contribution in [1.82, 2.24) is 15.2 Å². The Labute approximate surface area is 140 Å². The number of nitrogens with zero attached hydrogens (tertiary/aromatic N) is 2. The highest BCUT2D eigenvalue weighted by Gasteiger charge is 2.24. The van der Waals surface area contributed by atoms with E-state index >= 15 is 0 Å². The number of hydrogen-bond acceptors (Lipinski definition) is 4. The number of fused-ring (bicyclic) bond motifs is 1. The predicted molar refractivity (Wildman–Crippen MR) is 91.5 cm³/mol. The van der Waals surface area contributed by atoms with Gasteiger partial charge >= 0.3 is 0 Å². The van der Waals surface area contributed by atoms with E-state index in [0.717, 1.165) is 20.1 Å². The number of benzene rings is 1. The van der Waals surface area contributed by atoms with Crippen LogP contribution in [-0.4, -0.2) is 55.9 Å². The number of carbonyl (C=O) groups excluding carboxylic acids is 2. The number of quaternary nitrogens is 1. The largest absolute Gasteiger partial charge is 0.358 e. The number of rotatable bonds is 6. The molecule has 2 aromatic rings. The summed E-state index contributed by atoms with van der Waals surface area (Å²) in [6.07, 6.45) is 0. The summed E-state index contributed by atoms with van der Waals surface area (Å²) in [5.74, 6) is -0.225. The van der Waals surface area contributed by atoms with E-state index in [0.29, 0.717) is 6.54 Å². The highest BCUT2D eigenvalue weighted by atomic mass is 32.1. The molecule has 0 aliphatic heterocycles. The Bertz CT molecular complexity index is 667. The molecule has 0 aliphatic rings. The molecule has 0 radical (unpaired) electrons. The van der Waals surface area contributed by atoms with Gasteiger partial charge in [0, 0.05) is 14.1 Å². The maximum absolute atomic E-state index is 12.2. The van der Waals surface area contributed by atoms with E-state index in [9.17, 15) is 9.59 Å². The molecule has 2 rings (SSSR count). The Morgan fingerprint density at radius 3 is 2.74 bits per heavy atom. The van der Waals surface area contributed by atoms with Crippen molar-refractivity contribution < 1.29 is 14.5 Å². The van der Waals surface area contributed by atoms with Gasteiger partial charge in [0.2, 0.25) is 5.91 Å². The zero-order chi connectivity index (χ0) is 17.0. The number of aromatic nitrogens is 1. The van der Waals surface area contributed by atoms with Crippen LogP contribution >= 0.6 is 11.3 Å². The molecule has 6 nitrogen and oxygen atoms in total. The van der Waals surface area contributed by atoms with Crippen molar-refractivity contribution in [2.24, 2.45) is 0 Å². The Morgan fingerprint density at radius 1 is 1.39 bits per heavy atom. The molecule has 0 spiro atoms. The smallest absolute Gasteiger partial charge is 0.277 e. The van der Waals surface area contributed by atoms with Gasteiger partial charge in [-0.15, -0.1) is 11.3 Å². The second-order valence-electron chi connectivity index (χ2n) is 5.69. The molecular weight excluding hydrogens is 312 g/mol. The zero-order valence-corrected chi connectivity index (χ0v) is 14.7. The number of hydrogen-bond donors (Lipinski definition) is 2. The molecule has 1 heterocycles. The van der Waals surface area contributed by atoms with E-state index in [-0.39, 0.29) is 24.4 Å². The first-order chi connectivity index (χ1) is 10.9. The van der Waals surface area contributed by atoms with Gasteiger partial charge in [-0.1, -0.05) is 12.1 Å². The van der Waals surface area contributed by atoms with Crippen LogP contribution in [0.2, 0.25) is 0 Å². The van der Waals surface area contributed by atoms with E-state index in [1.165, 1.54) is 4.90 Å². The maximum Gasteiger partial charge on any atom is 0.277 e.